The SMILES string of the molecule is CN1C[C@H](c2ccc3c(c2)OC(F)(F)O3)[C@@H](C(=O)Cc2ccc(F)nc2F)C1=O. The molecule has 1 saturated heterocycles. The van der Waals surface area contributed by atoms with E-state index in [-0.39, 0.29) is 23.6 Å². The van der Waals surface area contributed by atoms with Gasteiger partial charge in [-0.3, -0.25) is 9.59 Å². The Kier molecular flexibility index (Phi) is 4.44. The maximum atomic E-state index is 13.8. The van der Waals surface area contributed by atoms with Gasteiger partial charge >= 0.3 is 6.29 Å². The van der Waals surface area contributed by atoms with Crippen LogP contribution in [0.2, 0.25) is 0 Å². The van der Waals surface area contributed by atoms with Gasteiger partial charge in [0.05, 0.1) is 0 Å². The summed E-state index contributed by atoms with van der Waals surface area (Å²) in [5.74, 6) is -5.36. The number of halogens is 4. The second-order valence-electron chi connectivity index (χ2n) is 6.90. The molecule has 152 valence electrons. The maximum absolute atomic E-state index is 13.8. The molecule has 3 heterocycles. The third-order valence-electron chi connectivity index (χ3n) is 4.97. The van der Waals surface area contributed by atoms with Crippen molar-refractivity contribution in [3.05, 3.63) is 53.4 Å². The number of carbonyl (C=O) groups excluding carboxylic acids is 2. The minimum Gasteiger partial charge on any atom is -0.395 e. The average molecular weight is 410 g/mol. The molecule has 2 aromatic rings. The molecule has 1 aromatic heterocycles. The number of ether oxygens (including phenoxy) is 2. The highest BCUT2D eigenvalue weighted by Gasteiger charge is 2.46. The number of Topliss-reactive ketones (excluding diaryl/α,β-unsaturated/α-hetero) is 1. The van der Waals surface area contributed by atoms with E-state index in [1.807, 2.05) is 0 Å². The molecule has 29 heavy (non-hydrogen) atoms. The number of ketones is 1. The fourth-order valence-corrected chi connectivity index (χ4v) is 3.63. The fraction of sp³-hybridized carbons (Fsp3) is 0.316. The first-order chi connectivity index (χ1) is 13.6. The van der Waals surface area contributed by atoms with Crippen LogP contribution in [0.5, 0.6) is 11.5 Å². The van der Waals surface area contributed by atoms with Crippen LogP contribution in [0.1, 0.15) is 17.0 Å². The maximum Gasteiger partial charge on any atom is 0.586 e. The van der Waals surface area contributed by atoms with E-state index in [0.717, 1.165) is 12.1 Å². The van der Waals surface area contributed by atoms with Crippen molar-refractivity contribution in [2.45, 2.75) is 18.6 Å². The van der Waals surface area contributed by atoms with E-state index < -0.39 is 48.1 Å². The van der Waals surface area contributed by atoms with E-state index in [1.54, 1.807) is 0 Å². The highest BCUT2D eigenvalue weighted by Crippen LogP contribution is 2.44. The van der Waals surface area contributed by atoms with Gasteiger partial charge in [-0.2, -0.15) is 13.8 Å². The lowest BCUT2D eigenvalue weighted by atomic mass is 9.83. The fourth-order valence-electron chi connectivity index (χ4n) is 3.63. The van der Waals surface area contributed by atoms with Crippen molar-refractivity contribution in [3.63, 3.8) is 0 Å². The van der Waals surface area contributed by atoms with E-state index in [4.69, 9.17) is 0 Å². The van der Waals surface area contributed by atoms with Crippen molar-refractivity contribution in [1.29, 1.82) is 0 Å². The summed E-state index contributed by atoms with van der Waals surface area (Å²) in [6.45, 7) is 0.162. The third kappa shape index (κ3) is 3.50. The van der Waals surface area contributed by atoms with E-state index in [2.05, 4.69) is 14.5 Å². The van der Waals surface area contributed by atoms with Crippen LogP contribution in [-0.4, -0.2) is 41.5 Å². The molecule has 0 aliphatic carbocycles. The van der Waals surface area contributed by atoms with Crippen LogP contribution in [-0.2, 0) is 16.0 Å². The minimum atomic E-state index is -3.79. The zero-order chi connectivity index (χ0) is 20.9. The number of hydrogen-bond acceptors (Lipinski definition) is 5. The lowest BCUT2D eigenvalue weighted by molar-refractivity contribution is -0.286. The molecule has 0 N–H and O–H groups in total. The molecule has 6 nitrogen and oxygen atoms in total. The molecule has 10 heteroatoms. The molecule has 0 spiro atoms. The molecule has 0 unspecified atom stereocenters. The molecule has 1 aromatic carbocycles. The van der Waals surface area contributed by atoms with Gasteiger partial charge in [0.15, 0.2) is 17.3 Å². The quantitative estimate of drug-likeness (QED) is 0.441. The second kappa shape index (κ2) is 6.71. The van der Waals surface area contributed by atoms with Crippen molar-refractivity contribution < 1.29 is 36.6 Å². The Morgan fingerprint density at radius 1 is 1.21 bits per heavy atom. The van der Waals surface area contributed by atoms with E-state index in [1.165, 1.54) is 30.1 Å². The van der Waals surface area contributed by atoms with Gasteiger partial charge < -0.3 is 14.4 Å². The number of pyridine rings is 1. The Balaban J connectivity index is 1.62. The molecule has 1 fully saturated rings. The molecule has 4 rings (SSSR count). The second-order valence-corrected chi connectivity index (χ2v) is 6.90. The summed E-state index contributed by atoms with van der Waals surface area (Å²) in [5.41, 5.74) is 0.293. The standard InChI is InChI=1S/C19H14F4N2O4/c1-25-8-11(9-2-4-13-14(7-9)29-19(22,23)28-13)16(18(25)27)12(26)6-10-3-5-15(20)24-17(10)21/h2-5,7,11,16H,6,8H2,1H3/t11-,16+/m1/s1. The van der Waals surface area contributed by atoms with Crippen LogP contribution in [0.4, 0.5) is 17.6 Å². The van der Waals surface area contributed by atoms with Gasteiger partial charge in [0.25, 0.3) is 0 Å². The minimum absolute atomic E-state index is 0.136. The summed E-state index contributed by atoms with van der Waals surface area (Å²) in [4.78, 5) is 29.7. The number of amides is 1. The van der Waals surface area contributed by atoms with E-state index in [0.29, 0.717) is 5.56 Å². The summed E-state index contributed by atoms with van der Waals surface area (Å²) >= 11 is 0. The zero-order valence-electron chi connectivity index (χ0n) is 15.0. The van der Waals surface area contributed by atoms with Gasteiger partial charge in [-0.15, -0.1) is 8.78 Å². The number of rotatable bonds is 4. The van der Waals surface area contributed by atoms with Crippen LogP contribution in [0.25, 0.3) is 0 Å². The van der Waals surface area contributed by atoms with E-state index >= 15 is 0 Å². The highest BCUT2D eigenvalue weighted by molar-refractivity contribution is 6.04. The van der Waals surface area contributed by atoms with Crippen molar-refractivity contribution in [2.24, 2.45) is 5.92 Å². The molecule has 1 amide bonds. The molecule has 0 saturated carbocycles. The first kappa shape index (κ1) is 19.2. The van der Waals surface area contributed by atoms with Gasteiger partial charge in [0.1, 0.15) is 5.92 Å². The zero-order valence-corrected chi connectivity index (χ0v) is 15.0. The van der Waals surface area contributed by atoms with Crippen LogP contribution in [0, 0.1) is 17.8 Å². The molecule has 0 radical (unpaired) electrons. The van der Waals surface area contributed by atoms with Crippen LogP contribution < -0.4 is 9.47 Å². The number of aromatic nitrogens is 1. The topological polar surface area (TPSA) is 68.7 Å². The Hall–Kier alpha value is -3.17. The Morgan fingerprint density at radius 3 is 2.66 bits per heavy atom. The van der Waals surface area contributed by atoms with Crippen molar-refractivity contribution >= 4 is 11.7 Å². The van der Waals surface area contributed by atoms with Crippen LogP contribution >= 0.6 is 0 Å². The number of benzene rings is 1. The van der Waals surface area contributed by atoms with Gasteiger partial charge in [0, 0.05) is 31.5 Å². The molecule has 2 aliphatic rings. The predicted molar refractivity (Wildman–Crippen MR) is 89.4 cm³/mol. The van der Waals surface area contributed by atoms with Crippen LogP contribution in [0.3, 0.4) is 0 Å². The number of hydrogen-bond donors (Lipinski definition) is 0. The largest absolute Gasteiger partial charge is 0.586 e. The normalized spacial score (nSPS) is 22.2. The summed E-state index contributed by atoms with van der Waals surface area (Å²) in [7, 11) is 1.50. The number of likely N-dealkylation sites (N-methyl/N-ethyl adjacent to an activating group) is 1. The summed E-state index contributed by atoms with van der Waals surface area (Å²) < 4.78 is 62.1. The molecule has 2 atom stereocenters. The summed E-state index contributed by atoms with van der Waals surface area (Å²) in [5, 5.41) is 0. The monoisotopic (exact) mass is 410 g/mol. The molecule has 0 bridgehead atoms. The van der Waals surface area contributed by atoms with Gasteiger partial charge in [-0.05, 0) is 29.8 Å². The Labute approximate surface area is 162 Å². The predicted octanol–water partition coefficient (Wildman–Crippen LogP) is 2.66. The highest BCUT2D eigenvalue weighted by atomic mass is 19.3. The third-order valence-corrected chi connectivity index (χ3v) is 4.97. The first-order valence-corrected chi connectivity index (χ1v) is 8.63. The number of carbonyl (C=O) groups is 2. The Bertz CT molecular complexity index is 1010. The number of nitrogens with zero attached hydrogens (tertiary/aromatic N) is 2. The van der Waals surface area contributed by atoms with Crippen molar-refractivity contribution in [2.75, 3.05) is 13.6 Å². The molecule has 2 aliphatic heterocycles. The lowest BCUT2D eigenvalue weighted by Gasteiger charge is -2.16. The number of alkyl halides is 2. The van der Waals surface area contributed by atoms with Crippen molar-refractivity contribution in [1.82, 2.24) is 9.88 Å². The number of likely N-dealkylation sites (tertiary alicyclic amines) is 1. The van der Waals surface area contributed by atoms with E-state index in [9.17, 15) is 27.2 Å². The Morgan fingerprint density at radius 2 is 1.93 bits per heavy atom. The number of fused-ring (bicyclic) bond motifs is 1. The molecular weight excluding hydrogens is 396 g/mol. The van der Waals surface area contributed by atoms with Crippen molar-refractivity contribution in [3.8, 4) is 11.5 Å². The summed E-state index contributed by atoms with van der Waals surface area (Å²) in [6.07, 6.45) is -4.24. The van der Waals surface area contributed by atoms with Gasteiger partial charge in [-0.1, -0.05) is 6.07 Å². The average Bonchev–Trinajstić information content (AvgIpc) is 3.11. The van der Waals surface area contributed by atoms with Crippen LogP contribution in [0.15, 0.2) is 30.3 Å². The summed E-state index contributed by atoms with van der Waals surface area (Å²) in [6, 6.07) is 6.06. The first-order valence-electron chi connectivity index (χ1n) is 8.63. The van der Waals surface area contributed by atoms with Gasteiger partial charge in [0.2, 0.25) is 17.8 Å². The van der Waals surface area contributed by atoms with Gasteiger partial charge in [-0.25, -0.2) is 0 Å². The molecular formula is C19H14F4N2O4. The smallest absolute Gasteiger partial charge is 0.395 e. The lowest BCUT2D eigenvalue weighted by Crippen LogP contribution is -2.29.